The summed E-state index contributed by atoms with van der Waals surface area (Å²) < 4.78 is 25.4. The maximum Gasteiger partial charge on any atom is 0.216 e. The van der Waals surface area contributed by atoms with Gasteiger partial charge in [0.1, 0.15) is 0 Å². The Hall–Kier alpha value is 0.200. The SMILES string of the molecule is O=S(=O)(C1CC1)N1CCCC(CCl)C1. The van der Waals surface area contributed by atoms with E-state index in [-0.39, 0.29) is 5.25 Å². The number of sulfonamides is 1. The summed E-state index contributed by atoms with van der Waals surface area (Å²) in [5.41, 5.74) is 0. The number of rotatable bonds is 3. The van der Waals surface area contributed by atoms with Crippen LogP contribution in [-0.2, 0) is 10.0 Å². The van der Waals surface area contributed by atoms with Gasteiger partial charge in [0.25, 0.3) is 0 Å². The Bertz CT molecular complexity index is 300. The predicted molar refractivity (Wildman–Crippen MR) is 57.0 cm³/mol. The lowest BCUT2D eigenvalue weighted by atomic mass is 10.0. The van der Waals surface area contributed by atoms with Crippen LogP contribution >= 0.6 is 11.6 Å². The van der Waals surface area contributed by atoms with Crippen LogP contribution in [0.3, 0.4) is 0 Å². The molecule has 0 aromatic carbocycles. The van der Waals surface area contributed by atoms with Gasteiger partial charge in [0, 0.05) is 19.0 Å². The molecule has 0 N–H and O–H groups in total. The molecule has 0 spiro atoms. The van der Waals surface area contributed by atoms with Gasteiger partial charge >= 0.3 is 0 Å². The van der Waals surface area contributed by atoms with Crippen LogP contribution in [0.1, 0.15) is 25.7 Å². The summed E-state index contributed by atoms with van der Waals surface area (Å²) in [5.74, 6) is 0.940. The van der Waals surface area contributed by atoms with Crippen LogP contribution in [0.25, 0.3) is 0 Å². The summed E-state index contributed by atoms with van der Waals surface area (Å²) in [5, 5.41) is -0.0726. The van der Waals surface area contributed by atoms with Gasteiger partial charge in [0.05, 0.1) is 5.25 Å². The first-order valence-electron chi connectivity index (χ1n) is 5.19. The van der Waals surface area contributed by atoms with Crippen molar-refractivity contribution in [1.29, 1.82) is 0 Å². The minimum Gasteiger partial charge on any atom is -0.212 e. The quantitative estimate of drug-likeness (QED) is 0.697. The van der Waals surface area contributed by atoms with E-state index in [2.05, 4.69) is 0 Å². The van der Waals surface area contributed by atoms with Crippen LogP contribution < -0.4 is 0 Å². The van der Waals surface area contributed by atoms with E-state index in [0.29, 0.717) is 24.9 Å². The Morgan fingerprint density at radius 1 is 1.29 bits per heavy atom. The molecule has 5 heteroatoms. The van der Waals surface area contributed by atoms with E-state index in [4.69, 9.17) is 11.6 Å². The third kappa shape index (κ3) is 2.07. The fourth-order valence-electron chi connectivity index (χ4n) is 1.96. The maximum absolute atomic E-state index is 11.9. The summed E-state index contributed by atoms with van der Waals surface area (Å²) >= 11 is 5.77. The minimum absolute atomic E-state index is 0.0726. The van der Waals surface area contributed by atoms with Crippen molar-refractivity contribution < 1.29 is 8.42 Å². The van der Waals surface area contributed by atoms with Crippen molar-refractivity contribution >= 4 is 21.6 Å². The second kappa shape index (κ2) is 3.99. The molecule has 1 saturated heterocycles. The van der Waals surface area contributed by atoms with Crippen LogP contribution in [0.2, 0.25) is 0 Å². The number of hydrogen-bond acceptors (Lipinski definition) is 2. The van der Waals surface area contributed by atoms with E-state index >= 15 is 0 Å². The highest BCUT2D eigenvalue weighted by atomic mass is 35.5. The molecule has 82 valence electrons. The second-order valence-electron chi connectivity index (χ2n) is 4.26. The van der Waals surface area contributed by atoms with E-state index in [1.165, 1.54) is 0 Å². The first-order valence-corrected chi connectivity index (χ1v) is 7.23. The normalized spacial score (nSPS) is 30.5. The van der Waals surface area contributed by atoms with Crippen LogP contribution in [0.15, 0.2) is 0 Å². The Balaban J connectivity index is 2.03. The highest BCUT2D eigenvalue weighted by molar-refractivity contribution is 7.90. The molecule has 1 aliphatic carbocycles. The molecule has 2 fully saturated rings. The lowest BCUT2D eigenvalue weighted by Crippen LogP contribution is -2.42. The highest BCUT2D eigenvalue weighted by Crippen LogP contribution is 2.33. The molecule has 1 atom stereocenters. The van der Waals surface area contributed by atoms with Gasteiger partial charge in [0.2, 0.25) is 10.0 Å². The third-order valence-corrected chi connectivity index (χ3v) is 5.81. The number of nitrogens with zero attached hydrogens (tertiary/aromatic N) is 1. The third-order valence-electron chi connectivity index (χ3n) is 3.01. The zero-order valence-corrected chi connectivity index (χ0v) is 9.73. The molecule has 1 aliphatic heterocycles. The molecule has 2 aliphatic rings. The van der Waals surface area contributed by atoms with Gasteiger partial charge in [-0.25, -0.2) is 12.7 Å². The van der Waals surface area contributed by atoms with Crippen LogP contribution in [-0.4, -0.2) is 36.9 Å². The molecule has 14 heavy (non-hydrogen) atoms. The lowest BCUT2D eigenvalue weighted by Gasteiger charge is -2.30. The summed E-state index contributed by atoms with van der Waals surface area (Å²) in [4.78, 5) is 0. The molecule has 1 unspecified atom stereocenters. The van der Waals surface area contributed by atoms with Crippen LogP contribution in [0.4, 0.5) is 0 Å². The fourth-order valence-corrected chi connectivity index (χ4v) is 4.17. The van der Waals surface area contributed by atoms with Gasteiger partial charge in [-0.05, 0) is 31.6 Å². The summed E-state index contributed by atoms with van der Waals surface area (Å²) in [7, 11) is -2.96. The fraction of sp³-hybridized carbons (Fsp3) is 1.00. The van der Waals surface area contributed by atoms with E-state index in [1.807, 2.05) is 0 Å². The summed E-state index contributed by atoms with van der Waals surface area (Å²) in [6, 6.07) is 0. The van der Waals surface area contributed by atoms with Gasteiger partial charge in [0.15, 0.2) is 0 Å². The van der Waals surface area contributed by atoms with Crippen molar-refractivity contribution in [2.75, 3.05) is 19.0 Å². The molecule has 1 saturated carbocycles. The zero-order chi connectivity index (χ0) is 10.2. The summed E-state index contributed by atoms with van der Waals surface area (Å²) in [6.07, 6.45) is 3.73. The van der Waals surface area contributed by atoms with Gasteiger partial charge in [-0.1, -0.05) is 0 Å². The number of hydrogen-bond donors (Lipinski definition) is 0. The Morgan fingerprint density at radius 2 is 2.00 bits per heavy atom. The van der Waals surface area contributed by atoms with Crippen molar-refractivity contribution in [3.8, 4) is 0 Å². The number of piperidine rings is 1. The van der Waals surface area contributed by atoms with Crippen molar-refractivity contribution in [3.63, 3.8) is 0 Å². The molecule has 1 heterocycles. The monoisotopic (exact) mass is 237 g/mol. The predicted octanol–water partition coefficient (Wildman–Crippen LogP) is 1.43. The first kappa shape index (κ1) is 10.7. The molecule has 0 aromatic rings. The standard InChI is InChI=1S/C9H16ClNO2S/c10-6-8-2-1-5-11(7-8)14(12,13)9-3-4-9/h8-9H,1-7H2. The largest absolute Gasteiger partial charge is 0.216 e. The first-order chi connectivity index (χ1) is 6.64. The van der Waals surface area contributed by atoms with Crippen molar-refractivity contribution in [3.05, 3.63) is 0 Å². The van der Waals surface area contributed by atoms with Gasteiger partial charge in [-0.3, -0.25) is 0 Å². The maximum atomic E-state index is 11.9. The zero-order valence-electron chi connectivity index (χ0n) is 8.15. The van der Waals surface area contributed by atoms with E-state index in [0.717, 1.165) is 25.7 Å². The van der Waals surface area contributed by atoms with Gasteiger partial charge in [-0.15, -0.1) is 11.6 Å². The molecule has 0 aromatic heterocycles. The molecular weight excluding hydrogens is 222 g/mol. The summed E-state index contributed by atoms with van der Waals surface area (Å²) in [6.45, 7) is 1.34. The average Bonchev–Trinajstić information content (AvgIpc) is 3.01. The lowest BCUT2D eigenvalue weighted by molar-refractivity contribution is 0.283. The van der Waals surface area contributed by atoms with Gasteiger partial charge < -0.3 is 0 Å². The Morgan fingerprint density at radius 3 is 2.57 bits per heavy atom. The molecule has 0 bridgehead atoms. The van der Waals surface area contributed by atoms with Crippen molar-refractivity contribution in [2.45, 2.75) is 30.9 Å². The Kier molecular flexibility index (Phi) is 3.05. The highest BCUT2D eigenvalue weighted by Gasteiger charge is 2.41. The van der Waals surface area contributed by atoms with E-state index in [1.54, 1.807) is 4.31 Å². The molecule has 0 amide bonds. The topological polar surface area (TPSA) is 37.4 Å². The van der Waals surface area contributed by atoms with E-state index < -0.39 is 10.0 Å². The molecule has 0 radical (unpaired) electrons. The van der Waals surface area contributed by atoms with Crippen molar-refractivity contribution in [2.24, 2.45) is 5.92 Å². The second-order valence-corrected chi connectivity index (χ2v) is 6.79. The average molecular weight is 238 g/mol. The molecule has 3 nitrogen and oxygen atoms in total. The molecular formula is C9H16ClNO2S. The Labute approximate surface area is 90.5 Å². The number of halogens is 1. The number of alkyl halides is 1. The smallest absolute Gasteiger partial charge is 0.212 e. The van der Waals surface area contributed by atoms with Crippen LogP contribution in [0.5, 0.6) is 0 Å². The van der Waals surface area contributed by atoms with E-state index in [9.17, 15) is 8.42 Å². The molecule has 2 rings (SSSR count). The van der Waals surface area contributed by atoms with Gasteiger partial charge in [-0.2, -0.15) is 0 Å². The minimum atomic E-state index is -2.96. The van der Waals surface area contributed by atoms with Crippen molar-refractivity contribution in [1.82, 2.24) is 4.31 Å². The van der Waals surface area contributed by atoms with Crippen LogP contribution in [0, 0.1) is 5.92 Å².